The van der Waals surface area contributed by atoms with Gasteiger partial charge in [0.15, 0.2) is 5.96 Å². The summed E-state index contributed by atoms with van der Waals surface area (Å²) in [5, 5.41) is 7.75. The van der Waals surface area contributed by atoms with Crippen molar-refractivity contribution in [3.05, 3.63) is 18.0 Å². The van der Waals surface area contributed by atoms with Crippen LogP contribution in [-0.4, -0.2) is 77.5 Å². The van der Waals surface area contributed by atoms with Gasteiger partial charge in [0.05, 0.1) is 19.3 Å². The predicted octanol–water partition coefficient (Wildman–Crippen LogP) is 2.41. The summed E-state index contributed by atoms with van der Waals surface area (Å²) in [6.45, 7) is 11.2. The normalized spacial score (nSPS) is 24.5. The van der Waals surface area contributed by atoms with Gasteiger partial charge in [-0.2, -0.15) is 5.10 Å². The Morgan fingerprint density at radius 1 is 1.32 bits per heavy atom. The van der Waals surface area contributed by atoms with Crippen LogP contribution >= 0.6 is 0 Å². The summed E-state index contributed by atoms with van der Waals surface area (Å²) >= 11 is 0. The zero-order valence-corrected chi connectivity index (χ0v) is 17.9. The summed E-state index contributed by atoms with van der Waals surface area (Å²) in [4.78, 5) is 9.89. The van der Waals surface area contributed by atoms with Crippen LogP contribution in [0.1, 0.15) is 57.6 Å². The SMILES string of the molecule is CCNC(=NCCCCN1CCCCC1C)N1CCOC(c2cnn(C)c2)C1. The quantitative estimate of drug-likeness (QED) is 0.440. The molecule has 1 aromatic rings. The maximum Gasteiger partial charge on any atom is 0.194 e. The van der Waals surface area contributed by atoms with E-state index in [1.165, 1.54) is 38.8 Å². The second-order valence-corrected chi connectivity index (χ2v) is 8.08. The number of rotatable bonds is 7. The molecule has 2 aliphatic rings. The fourth-order valence-electron chi connectivity index (χ4n) is 4.18. The molecule has 28 heavy (non-hydrogen) atoms. The van der Waals surface area contributed by atoms with Crippen molar-refractivity contribution >= 4 is 5.96 Å². The van der Waals surface area contributed by atoms with E-state index >= 15 is 0 Å². The third-order valence-corrected chi connectivity index (χ3v) is 5.85. The molecule has 0 aromatic carbocycles. The van der Waals surface area contributed by atoms with Crippen LogP contribution < -0.4 is 5.32 Å². The molecule has 2 fully saturated rings. The molecule has 0 radical (unpaired) electrons. The van der Waals surface area contributed by atoms with E-state index < -0.39 is 0 Å². The van der Waals surface area contributed by atoms with Crippen molar-refractivity contribution in [3.8, 4) is 0 Å². The number of aryl methyl sites for hydroxylation is 1. The Balaban J connectivity index is 1.47. The average molecular weight is 391 g/mol. The fourth-order valence-corrected chi connectivity index (χ4v) is 4.18. The summed E-state index contributed by atoms with van der Waals surface area (Å²) in [7, 11) is 1.94. The van der Waals surface area contributed by atoms with E-state index in [1.807, 2.05) is 24.1 Å². The number of unbranched alkanes of at least 4 members (excludes halogenated alkanes) is 1. The first-order valence-corrected chi connectivity index (χ1v) is 11.0. The summed E-state index contributed by atoms with van der Waals surface area (Å²) in [5.41, 5.74) is 1.14. The van der Waals surface area contributed by atoms with Gasteiger partial charge in [-0.05, 0) is 52.6 Å². The van der Waals surface area contributed by atoms with Gasteiger partial charge in [0.1, 0.15) is 6.10 Å². The van der Waals surface area contributed by atoms with Crippen LogP contribution in [0.5, 0.6) is 0 Å². The molecule has 2 aliphatic heterocycles. The number of hydrogen-bond donors (Lipinski definition) is 1. The highest BCUT2D eigenvalue weighted by Gasteiger charge is 2.25. The first-order valence-electron chi connectivity index (χ1n) is 11.0. The molecule has 0 saturated carbocycles. The van der Waals surface area contributed by atoms with Gasteiger partial charge >= 0.3 is 0 Å². The Bertz CT molecular complexity index is 616. The molecule has 1 aromatic heterocycles. The highest BCUT2D eigenvalue weighted by atomic mass is 16.5. The van der Waals surface area contributed by atoms with E-state index in [1.54, 1.807) is 0 Å². The number of aromatic nitrogens is 2. The number of hydrogen-bond acceptors (Lipinski definition) is 4. The number of guanidine groups is 1. The molecule has 2 saturated heterocycles. The first-order chi connectivity index (χ1) is 13.7. The molecule has 3 rings (SSSR count). The number of nitrogens with zero attached hydrogens (tertiary/aromatic N) is 5. The molecule has 7 heteroatoms. The Morgan fingerprint density at radius 2 is 2.21 bits per heavy atom. The Kier molecular flexibility index (Phi) is 8.15. The van der Waals surface area contributed by atoms with Crippen molar-refractivity contribution < 1.29 is 4.74 Å². The molecule has 2 atom stereocenters. The summed E-state index contributed by atoms with van der Waals surface area (Å²) in [6.07, 6.45) is 10.5. The minimum absolute atomic E-state index is 0.0619. The number of morpholine rings is 1. The molecule has 0 bridgehead atoms. The first kappa shape index (κ1) is 21.1. The van der Waals surface area contributed by atoms with Gasteiger partial charge in [0, 0.05) is 44.5 Å². The Labute approximate surface area is 170 Å². The standard InChI is InChI=1S/C21H38N6O/c1-4-22-21(23-10-6-8-12-26-11-7-5-9-18(26)2)27-13-14-28-20(17-27)19-15-24-25(3)16-19/h15-16,18,20H,4-14,17H2,1-3H3,(H,22,23). The van der Waals surface area contributed by atoms with Crippen molar-refractivity contribution in [1.82, 2.24) is 24.9 Å². The molecule has 2 unspecified atom stereocenters. The van der Waals surface area contributed by atoms with Crippen LogP contribution in [0.4, 0.5) is 0 Å². The number of nitrogens with one attached hydrogen (secondary N) is 1. The lowest BCUT2D eigenvalue weighted by Gasteiger charge is -2.35. The highest BCUT2D eigenvalue weighted by molar-refractivity contribution is 5.80. The van der Waals surface area contributed by atoms with Crippen LogP contribution in [0.15, 0.2) is 17.4 Å². The lowest BCUT2D eigenvalue weighted by molar-refractivity contribution is -0.00804. The van der Waals surface area contributed by atoms with Crippen molar-refractivity contribution in [2.45, 2.75) is 58.1 Å². The van der Waals surface area contributed by atoms with Crippen molar-refractivity contribution in [3.63, 3.8) is 0 Å². The summed E-state index contributed by atoms with van der Waals surface area (Å²) < 4.78 is 7.81. The zero-order valence-electron chi connectivity index (χ0n) is 17.9. The minimum Gasteiger partial charge on any atom is -0.370 e. The summed E-state index contributed by atoms with van der Waals surface area (Å²) in [5.74, 6) is 1.02. The van der Waals surface area contributed by atoms with Gasteiger partial charge in [-0.15, -0.1) is 0 Å². The minimum atomic E-state index is 0.0619. The van der Waals surface area contributed by atoms with Gasteiger partial charge in [0.25, 0.3) is 0 Å². The van der Waals surface area contributed by atoms with Gasteiger partial charge in [0.2, 0.25) is 0 Å². The molecule has 7 nitrogen and oxygen atoms in total. The maximum atomic E-state index is 5.97. The maximum absolute atomic E-state index is 5.97. The van der Waals surface area contributed by atoms with E-state index in [9.17, 15) is 0 Å². The smallest absolute Gasteiger partial charge is 0.194 e. The fraction of sp³-hybridized carbons (Fsp3) is 0.810. The van der Waals surface area contributed by atoms with Crippen LogP contribution in [0.2, 0.25) is 0 Å². The molecule has 0 amide bonds. The van der Waals surface area contributed by atoms with Crippen molar-refractivity contribution in [1.29, 1.82) is 0 Å². The molecule has 158 valence electrons. The monoisotopic (exact) mass is 390 g/mol. The van der Waals surface area contributed by atoms with Gasteiger partial charge in [-0.1, -0.05) is 6.42 Å². The molecule has 3 heterocycles. The number of piperidine rings is 1. The third kappa shape index (κ3) is 5.95. The average Bonchev–Trinajstić information content (AvgIpc) is 3.15. The van der Waals surface area contributed by atoms with Crippen molar-refractivity contribution in [2.24, 2.45) is 12.0 Å². The van der Waals surface area contributed by atoms with Crippen molar-refractivity contribution in [2.75, 3.05) is 45.9 Å². The largest absolute Gasteiger partial charge is 0.370 e. The van der Waals surface area contributed by atoms with Crippen LogP contribution in [0, 0.1) is 0 Å². The topological polar surface area (TPSA) is 57.9 Å². The second-order valence-electron chi connectivity index (χ2n) is 8.08. The van der Waals surface area contributed by atoms with E-state index in [-0.39, 0.29) is 6.10 Å². The van der Waals surface area contributed by atoms with Gasteiger partial charge in [-0.3, -0.25) is 9.67 Å². The molecule has 1 N–H and O–H groups in total. The Morgan fingerprint density at radius 3 is 2.96 bits per heavy atom. The van der Waals surface area contributed by atoms with E-state index in [4.69, 9.17) is 9.73 Å². The zero-order chi connectivity index (χ0) is 19.8. The van der Waals surface area contributed by atoms with Crippen LogP contribution in [0.3, 0.4) is 0 Å². The van der Waals surface area contributed by atoms with Crippen LogP contribution in [0.25, 0.3) is 0 Å². The number of ether oxygens (including phenoxy) is 1. The molecular formula is C21H38N6O. The third-order valence-electron chi connectivity index (χ3n) is 5.85. The lowest BCUT2D eigenvalue weighted by atomic mass is 10.0. The molecule has 0 spiro atoms. The Hall–Kier alpha value is -1.60. The van der Waals surface area contributed by atoms with E-state index in [2.05, 4.69) is 34.1 Å². The number of likely N-dealkylation sites (tertiary alicyclic amines) is 1. The lowest BCUT2D eigenvalue weighted by Crippen LogP contribution is -2.48. The predicted molar refractivity (Wildman–Crippen MR) is 114 cm³/mol. The van der Waals surface area contributed by atoms with Gasteiger partial charge in [-0.25, -0.2) is 0 Å². The number of aliphatic imine (C=N–C) groups is 1. The summed E-state index contributed by atoms with van der Waals surface area (Å²) in [6, 6.07) is 0.757. The second kappa shape index (κ2) is 10.8. The molecule has 0 aliphatic carbocycles. The molecular weight excluding hydrogens is 352 g/mol. The van der Waals surface area contributed by atoms with Crippen LogP contribution in [-0.2, 0) is 11.8 Å². The van der Waals surface area contributed by atoms with Gasteiger partial charge < -0.3 is 19.9 Å². The van der Waals surface area contributed by atoms with E-state index in [0.717, 1.165) is 56.8 Å². The highest BCUT2D eigenvalue weighted by Crippen LogP contribution is 2.21. The van der Waals surface area contributed by atoms with E-state index in [0.29, 0.717) is 0 Å².